The van der Waals surface area contributed by atoms with E-state index in [1.807, 2.05) is 44.2 Å². The maximum absolute atomic E-state index is 12.8. The summed E-state index contributed by atoms with van der Waals surface area (Å²) in [6.45, 7) is 4.30. The lowest BCUT2D eigenvalue weighted by Crippen LogP contribution is -2.25. The second-order valence-electron chi connectivity index (χ2n) is 5.83. The van der Waals surface area contributed by atoms with Crippen LogP contribution in [-0.2, 0) is 6.54 Å². The Balaban J connectivity index is 2.24. The first kappa shape index (κ1) is 15.1. The van der Waals surface area contributed by atoms with Crippen LogP contribution >= 0.6 is 0 Å². The number of nitrogens with zero attached hydrogens (tertiary/aromatic N) is 2. The van der Waals surface area contributed by atoms with Crippen LogP contribution in [0.2, 0.25) is 0 Å². The molecule has 1 heterocycles. The van der Waals surface area contributed by atoms with Gasteiger partial charge in [-0.3, -0.25) is 9.13 Å². The largest absolute Gasteiger partial charge is 0.478 e. The normalized spacial score (nSPS) is 11.3. The van der Waals surface area contributed by atoms with Crippen molar-refractivity contribution < 1.29 is 9.90 Å². The average Bonchev–Trinajstić information content (AvgIpc) is 2.80. The van der Waals surface area contributed by atoms with Gasteiger partial charge >= 0.3 is 11.7 Å². The van der Waals surface area contributed by atoms with E-state index in [2.05, 4.69) is 0 Å². The highest BCUT2D eigenvalue weighted by Crippen LogP contribution is 2.20. The van der Waals surface area contributed by atoms with Crippen molar-refractivity contribution >= 4 is 17.0 Å². The van der Waals surface area contributed by atoms with E-state index < -0.39 is 5.97 Å². The Hall–Kier alpha value is -2.82. The quantitative estimate of drug-likeness (QED) is 0.805. The van der Waals surface area contributed by atoms with Crippen LogP contribution in [0.3, 0.4) is 0 Å². The molecule has 3 rings (SSSR count). The molecule has 5 heteroatoms. The van der Waals surface area contributed by atoms with Gasteiger partial charge in [0.05, 0.1) is 23.1 Å². The molecule has 0 amide bonds. The minimum atomic E-state index is -0.995. The van der Waals surface area contributed by atoms with Crippen molar-refractivity contribution in [3.8, 4) is 0 Å². The van der Waals surface area contributed by atoms with Gasteiger partial charge in [0.2, 0.25) is 0 Å². The van der Waals surface area contributed by atoms with E-state index in [0.717, 1.165) is 11.1 Å². The van der Waals surface area contributed by atoms with E-state index in [9.17, 15) is 14.7 Å². The summed E-state index contributed by atoms with van der Waals surface area (Å²) in [6.07, 6.45) is 0. The predicted octanol–water partition coefficient (Wildman–Crippen LogP) is 3.13. The third-order valence-corrected chi connectivity index (χ3v) is 3.91. The molecule has 0 bridgehead atoms. The van der Waals surface area contributed by atoms with Crippen molar-refractivity contribution in [2.24, 2.45) is 0 Å². The van der Waals surface area contributed by atoms with Crippen LogP contribution in [0.1, 0.15) is 35.8 Å². The molecule has 0 atom stereocenters. The molecule has 0 aliphatic rings. The zero-order valence-electron chi connectivity index (χ0n) is 13.1. The van der Waals surface area contributed by atoms with Gasteiger partial charge in [0.25, 0.3) is 0 Å². The first-order valence-electron chi connectivity index (χ1n) is 7.51. The Kier molecular flexibility index (Phi) is 3.78. The van der Waals surface area contributed by atoms with Crippen molar-refractivity contribution in [1.82, 2.24) is 9.13 Å². The van der Waals surface area contributed by atoms with Gasteiger partial charge in [0.1, 0.15) is 0 Å². The maximum Gasteiger partial charge on any atom is 0.335 e. The number of benzene rings is 2. The van der Waals surface area contributed by atoms with Crippen LogP contribution in [0.4, 0.5) is 0 Å². The lowest BCUT2D eigenvalue weighted by molar-refractivity contribution is 0.0697. The minimum absolute atomic E-state index is 0.0499. The van der Waals surface area contributed by atoms with Crippen LogP contribution < -0.4 is 5.69 Å². The summed E-state index contributed by atoms with van der Waals surface area (Å²) < 4.78 is 3.33. The van der Waals surface area contributed by atoms with Gasteiger partial charge in [-0.1, -0.05) is 30.3 Å². The minimum Gasteiger partial charge on any atom is -0.478 e. The smallest absolute Gasteiger partial charge is 0.335 e. The number of carboxylic acid groups (broad SMARTS) is 1. The number of carbonyl (C=O) groups is 1. The molecule has 0 fully saturated rings. The van der Waals surface area contributed by atoms with Crippen molar-refractivity contribution in [2.75, 3.05) is 0 Å². The Labute approximate surface area is 133 Å². The summed E-state index contributed by atoms with van der Waals surface area (Å²) in [5.41, 5.74) is 2.49. The van der Waals surface area contributed by atoms with Crippen LogP contribution in [-0.4, -0.2) is 20.2 Å². The third-order valence-electron chi connectivity index (χ3n) is 3.91. The highest BCUT2D eigenvalue weighted by molar-refractivity contribution is 5.92. The van der Waals surface area contributed by atoms with Crippen molar-refractivity contribution in [2.45, 2.75) is 26.4 Å². The fourth-order valence-corrected chi connectivity index (χ4v) is 2.83. The Morgan fingerprint density at radius 1 is 1.09 bits per heavy atom. The number of hydrogen-bond acceptors (Lipinski definition) is 2. The highest BCUT2D eigenvalue weighted by Gasteiger charge is 2.17. The van der Waals surface area contributed by atoms with Gasteiger partial charge in [0.15, 0.2) is 0 Å². The number of aromatic carboxylic acids is 1. The molecule has 1 aromatic heterocycles. The van der Waals surface area contributed by atoms with E-state index in [-0.39, 0.29) is 17.3 Å². The van der Waals surface area contributed by atoms with Gasteiger partial charge in [0, 0.05) is 6.04 Å². The van der Waals surface area contributed by atoms with E-state index in [1.54, 1.807) is 21.3 Å². The molecule has 0 saturated carbocycles. The van der Waals surface area contributed by atoms with E-state index >= 15 is 0 Å². The summed E-state index contributed by atoms with van der Waals surface area (Å²) in [5, 5.41) is 9.19. The number of fused-ring (bicyclic) bond motifs is 1. The topological polar surface area (TPSA) is 64.2 Å². The number of imidazole rings is 1. The highest BCUT2D eigenvalue weighted by atomic mass is 16.4. The van der Waals surface area contributed by atoms with Crippen LogP contribution in [0, 0.1) is 0 Å². The molecule has 118 valence electrons. The van der Waals surface area contributed by atoms with Gasteiger partial charge in [-0.25, -0.2) is 9.59 Å². The molecular weight excluding hydrogens is 292 g/mol. The molecular formula is C18H18N2O3. The molecule has 0 radical (unpaired) electrons. The fourth-order valence-electron chi connectivity index (χ4n) is 2.83. The Morgan fingerprint density at radius 3 is 2.39 bits per heavy atom. The van der Waals surface area contributed by atoms with Crippen molar-refractivity contribution in [3.63, 3.8) is 0 Å². The number of hydrogen-bond donors (Lipinski definition) is 1. The van der Waals surface area contributed by atoms with Crippen molar-refractivity contribution in [3.05, 3.63) is 70.1 Å². The molecule has 0 unspecified atom stereocenters. The first-order valence-corrected chi connectivity index (χ1v) is 7.51. The number of rotatable bonds is 4. The van der Waals surface area contributed by atoms with Crippen LogP contribution in [0.15, 0.2) is 53.3 Å². The monoisotopic (exact) mass is 310 g/mol. The molecule has 1 N–H and O–H groups in total. The SMILES string of the molecule is CC(C)n1c(=O)n(Cc2ccccc2)c2ccc(C(=O)O)cc21. The fraction of sp³-hybridized carbons (Fsp3) is 0.222. The summed E-state index contributed by atoms with van der Waals surface area (Å²) in [4.78, 5) is 24.0. The predicted molar refractivity (Wildman–Crippen MR) is 89.1 cm³/mol. The lowest BCUT2D eigenvalue weighted by atomic mass is 10.2. The maximum atomic E-state index is 12.8. The lowest BCUT2D eigenvalue weighted by Gasteiger charge is -2.06. The average molecular weight is 310 g/mol. The van der Waals surface area contributed by atoms with Gasteiger partial charge in [-0.15, -0.1) is 0 Å². The first-order chi connectivity index (χ1) is 11.0. The molecule has 2 aromatic carbocycles. The van der Waals surface area contributed by atoms with Crippen molar-refractivity contribution in [1.29, 1.82) is 0 Å². The third kappa shape index (κ3) is 2.65. The van der Waals surface area contributed by atoms with E-state index in [4.69, 9.17) is 0 Å². The van der Waals surface area contributed by atoms with E-state index in [1.165, 1.54) is 6.07 Å². The standard InChI is InChI=1S/C18H18N2O3/c1-12(2)20-16-10-14(17(21)22)8-9-15(16)19(18(20)23)11-13-6-4-3-5-7-13/h3-10,12H,11H2,1-2H3,(H,21,22). The van der Waals surface area contributed by atoms with Gasteiger partial charge in [-0.05, 0) is 37.6 Å². The Bertz CT molecular complexity index is 921. The molecule has 0 spiro atoms. The van der Waals surface area contributed by atoms with Gasteiger partial charge in [-0.2, -0.15) is 0 Å². The van der Waals surface area contributed by atoms with E-state index in [0.29, 0.717) is 12.1 Å². The summed E-state index contributed by atoms with van der Waals surface area (Å²) in [6, 6.07) is 14.5. The summed E-state index contributed by atoms with van der Waals surface area (Å²) in [7, 11) is 0. The molecule has 0 saturated heterocycles. The van der Waals surface area contributed by atoms with Crippen LogP contribution in [0.25, 0.3) is 11.0 Å². The number of aromatic nitrogens is 2. The molecule has 0 aliphatic heterocycles. The molecule has 5 nitrogen and oxygen atoms in total. The van der Waals surface area contributed by atoms with Crippen LogP contribution in [0.5, 0.6) is 0 Å². The molecule has 0 aliphatic carbocycles. The van der Waals surface area contributed by atoms with Gasteiger partial charge < -0.3 is 5.11 Å². The second kappa shape index (κ2) is 5.76. The molecule has 3 aromatic rings. The second-order valence-corrected chi connectivity index (χ2v) is 5.83. The molecule has 23 heavy (non-hydrogen) atoms. The zero-order valence-corrected chi connectivity index (χ0v) is 13.1. The number of carboxylic acids is 1. The Morgan fingerprint density at radius 2 is 1.78 bits per heavy atom. The summed E-state index contributed by atoms with van der Waals surface area (Å²) >= 11 is 0. The zero-order chi connectivity index (χ0) is 16.6. The summed E-state index contributed by atoms with van der Waals surface area (Å²) in [5.74, 6) is -0.995.